The molecule has 0 spiro atoms. The molecule has 0 fully saturated rings. The number of benzene rings is 2. The molecule has 0 aliphatic heterocycles. The van der Waals surface area contributed by atoms with E-state index in [-0.39, 0.29) is 5.75 Å². The highest BCUT2D eigenvalue weighted by Gasteiger charge is 2.30. The lowest BCUT2D eigenvalue weighted by Gasteiger charge is -2.12. The summed E-state index contributed by atoms with van der Waals surface area (Å²) in [6.07, 6.45) is 0. The fourth-order valence-electron chi connectivity index (χ4n) is 1.83. The number of azide groups is 2. The summed E-state index contributed by atoms with van der Waals surface area (Å²) in [7, 11) is -9.46. The third kappa shape index (κ3) is 4.00. The van der Waals surface area contributed by atoms with E-state index in [9.17, 15) is 16.8 Å². The Morgan fingerprint density at radius 1 is 0.800 bits per heavy atom. The lowest BCUT2D eigenvalue weighted by molar-refractivity contribution is 0.462. The number of ether oxygens (including phenoxy) is 1. The van der Waals surface area contributed by atoms with Crippen molar-refractivity contribution in [2.75, 3.05) is 0 Å². The van der Waals surface area contributed by atoms with Gasteiger partial charge in [0, 0.05) is 18.9 Å². The minimum absolute atomic E-state index is 0.207. The van der Waals surface area contributed by atoms with Crippen LogP contribution in [0.1, 0.15) is 0 Å². The number of nitrogens with zero attached hydrogens (tertiary/aromatic N) is 6. The minimum Gasteiger partial charge on any atom is -0.456 e. The maximum Gasteiger partial charge on any atom is 0.269 e. The quantitative estimate of drug-likeness (QED) is 0.422. The normalized spacial score (nSPS) is 11.0. The van der Waals surface area contributed by atoms with Crippen LogP contribution in [0, 0.1) is 0 Å². The molecule has 0 N–H and O–H groups in total. The molecule has 0 saturated heterocycles. The Morgan fingerprint density at radius 3 is 2.00 bits per heavy atom. The molecule has 13 heteroatoms. The van der Waals surface area contributed by atoms with Gasteiger partial charge in [0.25, 0.3) is 20.0 Å². The van der Waals surface area contributed by atoms with Crippen LogP contribution in [0.5, 0.6) is 11.5 Å². The molecule has 0 aliphatic rings. The standard InChI is InChI=1S/C12H8N6O5S2/c13-15-17-24(19,20)11-8-4-7-10(12(11)25(21,22)18-16-14)23-9-5-2-1-3-6-9/h1-8H. The molecule has 0 aromatic heterocycles. The molecule has 0 atom stereocenters. The Labute approximate surface area is 141 Å². The Bertz CT molecular complexity index is 1100. The van der Waals surface area contributed by atoms with Crippen LogP contribution in [-0.2, 0) is 20.0 Å². The predicted molar refractivity (Wildman–Crippen MR) is 85.6 cm³/mol. The predicted octanol–water partition coefficient (Wildman–Crippen LogP) is 3.48. The maximum atomic E-state index is 12.2. The number of rotatable bonds is 6. The first-order chi connectivity index (χ1) is 11.8. The molecule has 0 radical (unpaired) electrons. The fraction of sp³-hybridized carbons (Fsp3) is 0. The second-order valence-electron chi connectivity index (χ2n) is 4.29. The molecule has 2 aromatic rings. The second kappa shape index (κ2) is 7.11. The van der Waals surface area contributed by atoms with Gasteiger partial charge in [0.15, 0.2) is 0 Å². The lowest BCUT2D eigenvalue weighted by Crippen LogP contribution is -2.07. The zero-order chi connectivity index (χ0) is 18.5. The molecule has 0 bridgehead atoms. The van der Waals surface area contributed by atoms with Gasteiger partial charge in [-0.15, -0.1) is 0 Å². The average molecular weight is 380 g/mol. The minimum atomic E-state index is -4.77. The van der Waals surface area contributed by atoms with Gasteiger partial charge in [0.1, 0.15) is 16.4 Å². The van der Waals surface area contributed by atoms with Crippen molar-refractivity contribution < 1.29 is 21.6 Å². The van der Waals surface area contributed by atoms with Gasteiger partial charge in [-0.3, -0.25) is 0 Å². The molecule has 2 aromatic carbocycles. The summed E-state index contributed by atoms with van der Waals surface area (Å²) in [5.41, 5.74) is 16.8. The monoisotopic (exact) mass is 380 g/mol. The number of hydrogen-bond donors (Lipinski definition) is 0. The number of sulfonamides is 2. The zero-order valence-corrected chi connectivity index (χ0v) is 13.8. The average Bonchev–Trinajstić information content (AvgIpc) is 2.55. The summed E-state index contributed by atoms with van der Waals surface area (Å²) in [5, 5.41) is 0. The molecule has 0 heterocycles. The van der Waals surface area contributed by atoms with Crippen LogP contribution in [0.15, 0.2) is 67.4 Å². The van der Waals surface area contributed by atoms with E-state index >= 15 is 0 Å². The first-order valence-electron chi connectivity index (χ1n) is 6.30. The van der Waals surface area contributed by atoms with E-state index in [1.54, 1.807) is 18.2 Å². The molecular weight excluding hydrogens is 372 g/mol. The van der Waals surface area contributed by atoms with Crippen LogP contribution >= 0.6 is 0 Å². The van der Waals surface area contributed by atoms with E-state index in [0.717, 1.165) is 6.07 Å². The van der Waals surface area contributed by atoms with Crippen LogP contribution in [0.25, 0.3) is 20.9 Å². The largest absolute Gasteiger partial charge is 0.456 e. The first-order valence-corrected chi connectivity index (χ1v) is 9.18. The van der Waals surface area contributed by atoms with E-state index in [1.807, 2.05) is 0 Å². The van der Waals surface area contributed by atoms with Crippen molar-refractivity contribution in [1.29, 1.82) is 0 Å². The van der Waals surface area contributed by atoms with Gasteiger partial charge in [-0.25, -0.2) is 16.8 Å². The number of para-hydroxylation sites is 1. The number of hydrogen-bond acceptors (Lipinski definition) is 5. The fourth-order valence-corrected chi connectivity index (χ4v) is 4.10. The van der Waals surface area contributed by atoms with E-state index in [2.05, 4.69) is 18.9 Å². The van der Waals surface area contributed by atoms with Gasteiger partial charge >= 0.3 is 0 Å². The van der Waals surface area contributed by atoms with Crippen molar-refractivity contribution in [3.05, 3.63) is 69.4 Å². The second-order valence-corrected chi connectivity index (χ2v) is 7.37. The molecule has 0 unspecified atom stereocenters. The Balaban J connectivity index is 2.81. The summed E-state index contributed by atoms with van der Waals surface area (Å²) in [5.74, 6) is -0.203. The smallest absolute Gasteiger partial charge is 0.269 e. The van der Waals surface area contributed by atoms with E-state index in [1.165, 1.54) is 24.3 Å². The highest BCUT2D eigenvalue weighted by Crippen LogP contribution is 2.35. The van der Waals surface area contributed by atoms with E-state index in [4.69, 9.17) is 15.8 Å². The SMILES string of the molecule is [N-]=[N+]=NS(=O)(=O)c1cccc(Oc2ccccc2)c1S(=O)(=O)N=[N+]=[N-]. The van der Waals surface area contributed by atoms with Crippen molar-refractivity contribution >= 4 is 20.0 Å². The van der Waals surface area contributed by atoms with Crippen molar-refractivity contribution in [3.63, 3.8) is 0 Å². The summed E-state index contributed by atoms with van der Waals surface area (Å²) in [6.45, 7) is 0. The van der Waals surface area contributed by atoms with Gasteiger partial charge in [0.05, 0.1) is 4.90 Å². The molecule has 25 heavy (non-hydrogen) atoms. The van der Waals surface area contributed by atoms with E-state index < -0.39 is 35.6 Å². The highest BCUT2D eigenvalue weighted by molar-refractivity contribution is 7.93. The zero-order valence-electron chi connectivity index (χ0n) is 12.2. The summed E-state index contributed by atoms with van der Waals surface area (Å²) in [4.78, 5) is 2.55. The first kappa shape index (κ1) is 18.1. The van der Waals surface area contributed by atoms with Crippen molar-refractivity contribution in [2.24, 2.45) is 9.04 Å². The molecule has 2 rings (SSSR count). The van der Waals surface area contributed by atoms with Crippen molar-refractivity contribution in [1.82, 2.24) is 0 Å². The van der Waals surface area contributed by atoms with Gasteiger partial charge in [-0.2, -0.15) is 0 Å². The van der Waals surface area contributed by atoms with Gasteiger partial charge in [-0.05, 0) is 35.3 Å². The van der Waals surface area contributed by atoms with Gasteiger partial charge in [-0.1, -0.05) is 24.3 Å². The van der Waals surface area contributed by atoms with Crippen LogP contribution < -0.4 is 4.74 Å². The Hall–Kier alpha value is -3.24. The molecule has 0 amide bonds. The van der Waals surface area contributed by atoms with Gasteiger partial charge < -0.3 is 4.74 Å². The molecule has 0 saturated carbocycles. The van der Waals surface area contributed by atoms with Crippen LogP contribution in [0.4, 0.5) is 0 Å². The van der Waals surface area contributed by atoms with Gasteiger partial charge in [0.2, 0.25) is 0 Å². The lowest BCUT2D eigenvalue weighted by atomic mass is 10.3. The summed E-state index contributed by atoms with van der Waals surface area (Å²) in [6, 6.07) is 11.1. The Morgan fingerprint density at radius 2 is 1.40 bits per heavy atom. The molecule has 11 nitrogen and oxygen atoms in total. The molecular formula is C12H8N6O5S2. The van der Waals surface area contributed by atoms with E-state index in [0.29, 0.717) is 0 Å². The highest BCUT2D eigenvalue weighted by atomic mass is 32.2. The topological polar surface area (TPSA) is 175 Å². The van der Waals surface area contributed by atoms with Crippen LogP contribution in [-0.4, -0.2) is 16.8 Å². The van der Waals surface area contributed by atoms with Crippen molar-refractivity contribution in [2.45, 2.75) is 9.79 Å². The van der Waals surface area contributed by atoms with Crippen molar-refractivity contribution in [3.8, 4) is 11.5 Å². The summed E-state index contributed by atoms with van der Waals surface area (Å²) >= 11 is 0. The third-order valence-corrected chi connectivity index (χ3v) is 5.28. The van der Waals surface area contributed by atoms with Crippen LogP contribution in [0.3, 0.4) is 0 Å². The Kier molecular flexibility index (Phi) is 5.15. The molecule has 128 valence electrons. The third-order valence-electron chi connectivity index (χ3n) is 2.74. The maximum absolute atomic E-state index is 12.2. The van der Waals surface area contributed by atoms with Crippen LogP contribution in [0.2, 0.25) is 0 Å². The summed E-state index contributed by atoms with van der Waals surface area (Å²) < 4.78 is 59.1. The molecule has 0 aliphatic carbocycles.